The van der Waals surface area contributed by atoms with Crippen LogP contribution in [0.5, 0.6) is 0 Å². The molecule has 1 fully saturated rings. The molecule has 0 spiro atoms. The van der Waals surface area contributed by atoms with E-state index >= 15 is 0 Å². The Morgan fingerprint density at radius 3 is 1.16 bits per heavy atom. The number of ether oxygens (including phenoxy) is 2. The second kappa shape index (κ2) is 55.1. The number of allylic oxidation sites excluding steroid dienone is 4. The van der Waals surface area contributed by atoms with Gasteiger partial charge in [-0.2, -0.15) is 0 Å². The summed E-state index contributed by atoms with van der Waals surface area (Å²) in [6.45, 7) is 3.45. The maximum Gasteiger partial charge on any atom is 0.249 e. The highest BCUT2D eigenvalue weighted by Crippen LogP contribution is 2.24. The lowest BCUT2D eigenvalue weighted by atomic mass is 9.98. The minimum absolute atomic E-state index is 0.248. The summed E-state index contributed by atoms with van der Waals surface area (Å²) in [6, 6.07) is -1.19. The molecule has 0 aliphatic carbocycles. The molecule has 0 saturated carbocycles. The molecule has 1 amide bonds. The Morgan fingerprint density at radius 1 is 0.442 bits per heavy atom. The van der Waals surface area contributed by atoms with E-state index < -0.39 is 74.2 Å². The average molecular weight is 1090 g/mol. The van der Waals surface area contributed by atoms with E-state index in [1.807, 2.05) is 0 Å². The quantitative estimate of drug-likeness (QED) is 0.0215. The van der Waals surface area contributed by atoms with Crippen molar-refractivity contribution in [3.05, 3.63) is 24.3 Å². The molecule has 9 unspecified atom stereocenters. The Labute approximate surface area is 474 Å². The fraction of sp³-hybridized carbons (Fsp3) is 0.924. The van der Waals surface area contributed by atoms with Crippen LogP contribution in [0.2, 0.25) is 0 Å². The zero-order valence-electron chi connectivity index (χ0n) is 50.2. The van der Waals surface area contributed by atoms with Gasteiger partial charge >= 0.3 is 0 Å². The van der Waals surface area contributed by atoms with Gasteiger partial charge < -0.3 is 50.5 Å². The van der Waals surface area contributed by atoms with Crippen molar-refractivity contribution in [1.82, 2.24) is 5.32 Å². The molecule has 0 aromatic rings. The van der Waals surface area contributed by atoms with Crippen molar-refractivity contribution in [3.63, 3.8) is 0 Å². The van der Waals surface area contributed by atoms with Crippen molar-refractivity contribution in [2.45, 2.75) is 377 Å². The molecule has 0 aromatic carbocycles. The molecule has 1 saturated heterocycles. The summed E-state index contributed by atoms with van der Waals surface area (Å²) >= 11 is 0. The smallest absolute Gasteiger partial charge is 0.249 e. The summed E-state index contributed by atoms with van der Waals surface area (Å²) in [6.07, 6.45) is 57.2. The lowest BCUT2D eigenvalue weighted by molar-refractivity contribution is -0.303. The van der Waals surface area contributed by atoms with Gasteiger partial charge in [-0.1, -0.05) is 295 Å². The summed E-state index contributed by atoms with van der Waals surface area (Å²) in [5.41, 5.74) is 0. The minimum atomic E-state index is -1.67. The van der Waals surface area contributed by atoms with Crippen LogP contribution in [0.25, 0.3) is 0 Å². The number of carbonyl (C=O) groups excluding carboxylic acids is 1. The zero-order chi connectivity index (χ0) is 56.1. The van der Waals surface area contributed by atoms with Crippen molar-refractivity contribution in [1.29, 1.82) is 0 Å². The van der Waals surface area contributed by atoms with E-state index in [2.05, 4.69) is 43.5 Å². The number of carbonyl (C=O) groups is 1. The Bertz CT molecular complexity index is 1300. The van der Waals surface area contributed by atoms with Crippen LogP contribution in [0.3, 0.4) is 0 Å². The van der Waals surface area contributed by atoms with Crippen LogP contribution in [0.4, 0.5) is 0 Å². The maximum atomic E-state index is 13.2. The van der Waals surface area contributed by atoms with Crippen molar-refractivity contribution in [3.8, 4) is 0 Å². The molecular weight excluding hydrogens is 967 g/mol. The summed E-state index contributed by atoms with van der Waals surface area (Å²) < 4.78 is 11.1. The third-order valence-corrected chi connectivity index (χ3v) is 16.2. The molecule has 1 heterocycles. The number of hydrogen-bond acceptors (Lipinski definition) is 10. The normalized spacial score (nSPS) is 19.6. The topological polar surface area (TPSA) is 189 Å². The lowest BCUT2D eigenvalue weighted by Crippen LogP contribution is -2.60. The SMILES string of the molecule is CCCCCCC/C=C/CC/C=C/CCCC(O)C(O)C(COC1OC(CO)C(O)C(O)C1O)NC(=O)C(O)CCCCCCCCCCCCCCCCCCCCCCCCCCCCCCCCCCCCCC. The first-order valence-electron chi connectivity index (χ1n) is 33.2. The molecule has 1 aliphatic heterocycles. The van der Waals surface area contributed by atoms with E-state index in [0.717, 1.165) is 38.5 Å². The fourth-order valence-electron chi connectivity index (χ4n) is 10.9. The predicted molar refractivity (Wildman–Crippen MR) is 321 cm³/mol. The van der Waals surface area contributed by atoms with E-state index in [-0.39, 0.29) is 12.8 Å². The van der Waals surface area contributed by atoms with Crippen molar-refractivity contribution in [2.75, 3.05) is 13.2 Å². The lowest BCUT2D eigenvalue weighted by Gasteiger charge is -2.40. The maximum absolute atomic E-state index is 13.2. The molecule has 1 aliphatic rings. The number of aliphatic hydroxyl groups excluding tert-OH is 7. The van der Waals surface area contributed by atoms with Crippen LogP contribution in [0.1, 0.15) is 322 Å². The van der Waals surface area contributed by atoms with Gasteiger partial charge in [-0.15, -0.1) is 0 Å². The average Bonchev–Trinajstić information content (AvgIpc) is 3.43. The predicted octanol–water partition coefficient (Wildman–Crippen LogP) is 15.2. The van der Waals surface area contributed by atoms with E-state index in [0.29, 0.717) is 19.3 Å². The molecule has 0 bridgehead atoms. The van der Waals surface area contributed by atoms with Crippen LogP contribution in [0.15, 0.2) is 24.3 Å². The van der Waals surface area contributed by atoms with Crippen LogP contribution >= 0.6 is 0 Å². The van der Waals surface area contributed by atoms with E-state index in [9.17, 15) is 40.5 Å². The third-order valence-electron chi connectivity index (χ3n) is 16.2. The zero-order valence-corrected chi connectivity index (χ0v) is 50.2. The number of aliphatic hydroxyl groups is 7. The largest absolute Gasteiger partial charge is 0.394 e. The molecule has 456 valence electrons. The monoisotopic (exact) mass is 1090 g/mol. The van der Waals surface area contributed by atoms with Crippen LogP contribution < -0.4 is 5.32 Å². The molecule has 8 N–H and O–H groups in total. The van der Waals surface area contributed by atoms with Gasteiger partial charge in [0.05, 0.1) is 25.4 Å². The first-order chi connectivity index (χ1) is 37.7. The van der Waals surface area contributed by atoms with Crippen molar-refractivity contribution in [2.24, 2.45) is 0 Å². The first-order valence-corrected chi connectivity index (χ1v) is 33.2. The van der Waals surface area contributed by atoms with Crippen molar-refractivity contribution >= 4 is 5.91 Å². The second-order valence-corrected chi connectivity index (χ2v) is 23.5. The van der Waals surface area contributed by atoms with Gasteiger partial charge in [0.1, 0.15) is 36.6 Å². The third kappa shape index (κ3) is 43.0. The number of unbranched alkanes of at least 4 members (excludes halogenated alkanes) is 42. The van der Waals surface area contributed by atoms with Gasteiger partial charge in [0.2, 0.25) is 5.91 Å². The van der Waals surface area contributed by atoms with Gasteiger partial charge in [0, 0.05) is 0 Å². The molecule has 0 radical (unpaired) electrons. The van der Waals surface area contributed by atoms with Crippen LogP contribution in [0, 0.1) is 0 Å². The summed E-state index contributed by atoms with van der Waals surface area (Å²) in [4.78, 5) is 13.2. The molecular formula is C66H127NO10. The number of nitrogens with one attached hydrogen (secondary N) is 1. The van der Waals surface area contributed by atoms with Gasteiger partial charge in [-0.05, 0) is 51.4 Å². The van der Waals surface area contributed by atoms with Crippen LogP contribution in [-0.2, 0) is 14.3 Å². The Kier molecular flexibility index (Phi) is 52.7. The van der Waals surface area contributed by atoms with Gasteiger partial charge in [0.25, 0.3) is 0 Å². The summed E-state index contributed by atoms with van der Waals surface area (Å²) in [5.74, 6) is -0.705. The van der Waals surface area contributed by atoms with Gasteiger partial charge in [0.15, 0.2) is 6.29 Å². The standard InChI is InChI=1S/C66H127NO10/c1-3-5-7-9-11-13-15-17-19-20-21-22-23-24-25-26-27-28-29-30-31-32-33-34-35-36-37-38-39-40-42-44-46-48-50-52-54-59(70)65(75)67-57(56-76-66-64(74)63(73)62(72)60(55-68)77-66)61(71)58(69)53-51-49-47-45-43-41-18-16-14-12-10-8-6-4-2/h16,18,45,47,57-64,66,68-74H,3-15,17,19-44,46,48-56H2,1-2H3,(H,67,75)/b18-16+,47-45+. The summed E-state index contributed by atoms with van der Waals surface area (Å²) in [5, 5.41) is 76.1. The fourth-order valence-corrected chi connectivity index (χ4v) is 10.9. The Hall–Kier alpha value is -1.41. The number of amides is 1. The summed E-state index contributed by atoms with van der Waals surface area (Å²) in [7, 11) is 0. The molecule has 0 aromatic heterocycles. The highest BCUT2D eigenvalue weighted by atomic mass is 16.7. The second-order valence-electron chi connectivity index (χ2n) is 23.5. The molecule has 11 nitrogen and oxygen atoms in total. The Morgan fingerprint density at radius 2 is 0.779 bits per heavy atom. The number of hydrogen-bond donors (Lipinski definition) is 8. The van der Waals surface area contributed by atoms with E-state index in [1.54, 1.807) is 0 Å². The highest BCUT2D eigenvalue weighted by Gasteiger charge is 2.44. The molecule has 1 rings (SSSR count). The molecule has 77 heavy (non-hydrogen) atoms. The van der Waals surface area contributed by atoms with Crippen molar-refractivity contribution < 1.29 is 50.0 Å². The van der Waals surface area contributed by atoms with E-state index in [4.69, 9.17) is 9.47 Å². The van der Waals surface area contributed by atoms with E-state index in [1.165, 1.54) is 238 Å². The van der Waals surface area contributed by atoms with Gasteiger partial charge in [-0.3, -0.25) is 4.79 Å². The van der Waals surface area contributed by atoms with Crippen LogP contribution in [-0.4, -0.2) is 110 Å². The number of rotatable bonds is 58. The highest BCUT2D eigenvalue weighted by molar-refractivity contribution is 5.80. The first kappa shape index (κ1) is 73.6. The minimum Gasteiger partial charge on any atom is -0.394 e. The molecule has 9 atom stereocenters. The van der Waals surface area contributed by atoms with Gasteiger partial charge in [-0.25, -0.2) is 0 Å². The molecule has 11 heteroatoms. The Balaban J connectivity index is 2.12.